The van der Waals surface area contributed by atoms with Crippen molar-refractivity contribution in [1.29, 1.82) is 0 Å². The van der Waals surface area contributed by atoms with Crippen molar-refractivity contribution in [2.75, 3.05) is 13.0 Å². The molecular weight excluding hydrogens is 294 g/mol. The first-order valence-corrected chi connectivity index (χ1v) is 6.02. The summed E-state index contributed by atoms with van der Waals surface area (Å²) in [5.74, 6) is -2.83. The van der Waals surface area contributed by atoms with Crippen molar-refractivity contribution in [2.24, 2.45) is 0 Å². The molecule has 0 unspecified atom stereocenters. The molecule has 0 N–H and O–H groups in total. The predicted molar refractivity (Wildman–Crippen MR) is 74.7 cm³/mol. The van der Waals surface area contributed by atoms with E-state index in [0.717, 1.165) is 0 Å². The van der Waals surface area contributed by atoms with Gasteiger partial charge in [-0.1, -0.05) is 34.1 Å². The van der Waals surface area contributed by atoms with Crippen LogP contribution >= 0.6 is 15.9 Å². The normalized spacial score (nSPS) is 30.9. The monoisotopic (exact) mass is 320 g/mol. The molecule has 1 aromatic carbocycles. The molecule has 0 spiro atoms. The Balaban J connectivity index is 2.69. The maximum Gasteiger partial charge on any atom is 0.410 e. The van der Waals surface area contributed by atoms with Crippen molar-refractivity contribution < 1.29 is 21.9 Å². The van der Waals surface area contributed by atoms with Crippen molar-refractivity contribution in [1.82, 2.24) is 4.90 Å². The number of carbonyl (C=O) groups is 1. The zero-order chi connectivity index (χ0) is 21.3. The van der Waals surface area contributed by atoms with Crippen LogP contribution in [0.3, 0.4) is 0 Å². The Kier molecular flexibility index (Phi) is 1.63. The first-order valence-electron chi connectivity index (χ1n) is 9.72. The summed E-state index contributed by atoms with van der Waals surface area (Å²) in [6.07, 6.45) is -1.31. The maximum atomic E-state index is 12.3. The van der Waals surface area contributed by atoms with Gasteiger partial charge in [-0.2, -0.15) is 0 Å². The Morgan fingerprint density at radius 3 is 2.78 bits per heavy atom. The number of carbonyl (C=O) groups excluding carboxylic acids is 1. The lowest BCUT2D eigenvalue weighted by Crippen LogP contribution is -2.50. The molecule has 1 amide bonds. The Morgan fingerprint density at radius 2 is 2.17 bits per heavy atom. The smallest absolute Gasteiger partial charge is 0.410 e. The number of nitrogens with zero attached hydrogens (tertiary/aromatic N) is 1. The molecule has 98 valence electrons. The average Bonchev–Trinajstić information content (AvgIpc) is 2.48. The molecule has 3 nitrogen and oxygen atoms in total. The van der Waals surface area contributed by atoms with Gasteiger partial charge in [0.1, 0.15) is 5.60 Å². The third-order valence-electron chi connectivity index (χ3n) is 1.92. The molecule has 4 heteroatoms. The molecule has 2 rings (SSSR count). The third-order valence-corrected chi connectivity index (χ3v) is 2.51. The van der Waals surface area contributed by atoms with Crippen LogP contribution in [0.1, 0.15) is 44.6 Å². The topological polar surface area (TPSA) is 29.5 Å². The highest BCUT2D eigenvalue weighted by Gasteiger charge is 2.35. The van der Waals surface area contributed by atoms with Gasteiger partial charge in [0, 0.05) is 24.7 Å². The van der Waals surface area contributed by atoms with E-state index in [4.69, 9.17) is 17.1 Å². The van der Waals surface area contributed by atoms with Crippen LogP contribution in [0.15, 0.2) is 28.6 Å². The molecule has 18 heavy (non-hydrogen) atoms. The zero-order valence-electron chi connectivity index (χ0n) is 19.1. The minimum absolute atomic E-state index is 0.145. The summed E-state index contributed by atoms with van der Waals surface area (Å²) in [6, 6.07) is -2.66. The van der Waals surface area contributed by atoms with Crippen molar-refractivity contribution in [3.63, 3.8) is 0 Å². The van der Waals surface area contributed by atoms with Gasteiger partial charge in [-0.25, -0.2) is 4.79 Å². The van der Waals surface area contributed by atoms with E-state index in [2.05, 4.69) is 15.9 Å². The molecule has 1 aliphatic heterocycles. The van der Waals surface area contributed by atoms with Gasteiger partial charge < -0.3 is 9.64 Å². The summed E-state index contributed by atoms with van der Waals surface area (Å²) < 4.78 is 77.3. The maximum absolute atomic E-state index is 12.3. The fourth-order valence-electron chi connectivity index (χ4n) is 1.20. The third kappa shape index (κ3) is 3.05. The van der Waals surface area contributed by atoms with Crippen LogP contribution in [0.4, 0.5) is 4.79 Å². The number of likely N-dealkylation sites (tertiary alicyclic amines) is 1. The summed E-state index contributed by atoms with van der Waals surface area (Å²) in [7, 11) is 0. The van der Waals surface area contributed by atoms with Crippen molar-refractivity contribution in [3.8, 4) is 0 Å². The fourth-order valence-corrected chi connectivity index (χ4v) is 1.60. The van der Waals surface area contributed by atoms with E-state index in [1.54, 1.807) is 0 Å². The van der Waals surface area contributed by atoms with Gasteiger partial charge in [-0.15, -0.1) is 0 Å². The molecule has 0 atom stereocenters. The summed E-state index contributed by atoms with van der Waals surface area (Å²) in [5, 5.41) is 0. The second kappa shape index (κ2) is 4.92. The number of amides is 1. The van der Waals surface area contributed by atoms with E-state index in [9.17, 15) is 4.79 Å². The first kappa shape index (κ1) is 5.95. The van der Waals surface area contributed by atoms with Crippen molar-refractivity contribution in [3.05, 3.63) is 34.2 Å². The minimum Gasteiger partial charge on any atom is -0.444 e. The van der Waals surface area contributed by atoms with Gasteiger partial charge >= 0.3 is 6.09 Å². The molecular formula is C14H18BrNO2. The molecule has 1 saturated heterocycles. The molecule has 1 aliphatic rings. The molecule has 1 heterocycles. The van der Waals surface area contributed by atoms with Gasteiger partial charge in [0.05, 0.1) is 11.0 Å². The van der Waals surface area contributed by atoms with Gasteiger partial charge in [0.15, 0.2) is 0 Å². The van der Waals surface area contributed by atoms with E-state index >= 15 is 0 Å². The number of rotatable bonds is 1. The quantitative estimate of drug-likeness (QED) is 0.788. The van der Waals surface area contributed by atoms with Crippen LogP contribution in [-0.2, 0) is 4.74 Å². The zero-order valence-corrected chi connectivity index (χ0v) is 11.7. The standard InChI is InChI=1S/C14H18BrNO2/c1-14(2,3)18-13(17)16-8-10(9-16)11-6-4-5-7-12(11)15/h4-7,10H,8-9H2,1-3H3/i4D,5D,6D,7D,8D2,9D2,10D. The van der Waals surface area contributed by atoms with Crippen molar-refractivity contribution in [2.45, 2.75) is 32.3 Å². The summed E-state index contributed by atoms with van der Waals surface area (Å²) in [5.41, 5.74) is -1.64. The molecule has 0 aliphatic carbocycles. The molecule has 0 aromatic heterocycles. The number of halogens is 1. The largest absolute Gasteiger partial charge is 0.444 e. The van der Waals surface area contributed by atoms with E-state index < -0.39 is 60.3 Å². The van der Waals surface area contributed by atoms with Crippen LogP contribution in [0, 0.1) is 0 Å². The fraction of sp³-hybridized carbons (Fsp3) is 0.500. The second-order valence-electron chi connectivity index (χ2n) is 4.60. The van der Waals surface area contributed by atoms with E-state index in [0.29, 0.717) is 0 Å². The molecule has 0 bridgehead atoms. The average molecular weight is 321 g/mol. The number of hydrogen-bond donors (Lipinski definition) is 0. The van der Waals surface area contributed by atoms with Crippen LogP contribution in [0.25, 0.3) is 0 Å². The van der Waals surface area contributed by atoms with Crippen LogP contribution in [0.5, 0.6) is 0 Å². The number of benzene rings is 1. The Bertz CT molecular complexity index is 777. The van der Waals surface area contributed by atoms with Crippen LogP contribution in [0.2, 0.25) is 0 Å². The lowest BCUT2D eigenvalue weighted by Gasteiger charge is -2.40. The predicted octanol–water partition coefficient (Wildman–Crippen LogP) is 3.78. The van der Waals surface area contributed by atoms with Gasteiger partial charge in [0.2, 0.25) is 0 Å². The Labute approximate surface area is 129 Å². The lowest BCUT2D eigenvalue weighted by molar-refractivity contribution is 0.00814. The van der Waals surface area contributed by atoms with E-state index in [1.165, 1.54) is 20.8 Å². The molecule has 1 aromatic rings. The van der Waals surface area contributed by atoms with E-state index in [-0.39, 0.29) is 9.37 Å². The summed E-state index contributed by atoms with van der Waals surface area (Å²) >= 11 is 2.94. The summed E-state index contributed by atoms with van der Waals surface area (Å²) in [6.45, 7) is -1.32. The number of hydrogen-bond acceptors (Lipinski definition) is 2. The van der Waals surface area contributed by atoms with Gasteiger partial charge in [0.25, 0.3) is 0 Å². The molecule has 1 fully saturated rings. The highest BCUT2D eigenvalue weighted by molar-refractivity contribution is 9.10. The lowest BCUT2D eigenvalue weighted by atomic mass is 9.92. The highest BCUT2D eigenvalue weighted by Crippen LogP contribution is 2.32. The Hall–Kier alpha value is -1.03. The van der Waals surface area contributed by atoms with E-state index in [1.807, 2.05) is 0 Å². The van der Waals surface area contributed by atoms with Crippen molar-refractivity contribution >= 4 is 22.0 Å². The first-order chi connectivity index (χ1) is 11.9. The van der Waals surface area contributed by atoms with Crippen LogP contribution < -0.4 is 0 Å². The van der Waals surface area contributed by atoms with Gasteiger partial charge in [-0.05, 0) is 32.4 Å². The van der Waals surface area contributed by atoms with Gasteiger partial charge in [-0.3, -0.25) is 0 Å². The second-order valence-corrected chi connectivity index (χ2v) is 5.40. The summed E-state index contributed by atoms with van der Waals surface area (Å²) in [4.78, 5) is 12.5. The van der Waals surface area contributed by atoms with Crippen LogP contribution in [-0.4, -0.2) is 29.6 Å². The highest BCUT2D eigenvalue weighted by atomic mass is 79.9. The Morgan fingerprint density at radius 1 is 1.56 bits per heavy atom. The molecule has 0 saturated carbocycles. The molecule has 0 radical (unpaired) electrons. The SMILES string of the molecule is [2H]c1c([2H])c([2H])c(C2([2H])C([2H])([2H])N(C(=O)OC(C)(C)C)C2([2H])[2H])c(Br)c1[2H]. The number of ether oxygens (including phenoxy) is 1. The minimum atomic E-state index is -2.94.